The van der Waals surface area contributed by atoms with Gasteiger partial charge < -0.3 is 9.84 Å². The van der Waals surface area contributed by atoms with E-state index in [1.54, 1.807) is 0 Å². The normalized spacial score (nSPS) is 42.4. The van der Waals surface area contributed by atoms with Gasteiger partial charge in [-0.2, -0.15) is 0 Å². The molecule has 0 aromatic heterocycles. The Morgan fingerprint density at radius 3 is 2.57 bits per heavy atom. The molecule has 1 aromatic carbocycles. The lowest BCUT2D eigenvalue weighted by atomic mass is 9.45. The van der Waals surface area contributed by atoms with Gasteiger partial charge in [-0.1, -0.05) is 59.6 Å². The summed E-state index contributed by atoms with van der Waals surface area (Å²) in [5, 5.41) is 11.5. The molecule has 190 valence electrons. The standard InChI is InChI=1S/C31H41BrO3/c1-5-6-22-17-23-18-31(34,35-19-21-7-9-24(32)10-8-21)16-15-29(23,3)27-13-14-30(4)25(20(2)33)11-12-26(30)28(22)27/h5,7-10,17,22,25-28,34H,1,6,11-16,18-19H2,2-4H3. The summed E-state index contributed by atoms with van der Waals surface area (Å²) in [6, 6.07) is 8.11. The molecule has 3 nitrogen and oxygen atoms in total. The first-order valence-corrected chi connectivity index (χ1v) is 14.3. The number of aliphatic hydroxyl groups is 1. The van der Waals surface area contributed by atoms with Gasteiger partial charge in [-0.15, -0.1) is 6.58 Å². The minimum absolute atomic E-state index is 0.102. The molecule has 0 amide bonds. The predicted octanol–water partition coefficient (Wildman–Crippen LogP) is 7.62. The number of fused-ring (bicyclic) bond motifs is 5. The summed E-state index contributed by atoms with van der Waals surface area (Å²) in [5.41, 5.74) is 2.70. The number of Topliss-reactive ketones (excluding diaryl/α,β-unsaturated/α-hetero) is 1. The summed E-state index contributed by atoms with van der Waals surface area (Å²) in [4.78, 5) is 12.5. The number of benzene rings is 1. The third kappa shape index (κ3) is 4.32. The van der Waals surface area contributed by atoms with Crippen LogP contribution in [0.2, 0.25) is 0 Å². The SMILES string of the molecule is C=CCC1C=C2CC(O)(OCc3ccc(Br)cc3)CCC2(C)C2CCC3(C)C(C(C)=O)CCC3C12. The molecule has 0 radical (unpaired) electrons. The van der Waals surface area contributed by atoms with E-state index in [0.29, 0.717) is 48.9 Å². The van der Waals surface area contributed by atoms with Crippen molar-refractivity contribution in [2.24, 2.45) is 40.4 Å². The van der Waals surface area contributed by atoms with E-state index < -0.39 is 5.79 Å². The maximum absolute atomic E-state index is 12.5. The summed E-state index contributed by atoms with van der Waals surface area (Å²) < 4.78 is 7.23. The molecule has 5 rings (SSSR count). The minimum Gasteiger partial charge on any atom is -0.365 e. The Hall–Kier alpha value is -1.23. The topological polar surface area (TPSA) is 46.5 Å². The molecule has 4 aliphatic rings. The second-order valence-electron chi connectivity index (χ2n) is 12.4. The molecule has 0 spiro atoms. The van der Waals surface area contributed by atoms with Crippen LogP contribution >= 0.6 is 15.9 Å². The fourth-order valence-corrected chi connectivity index (χ4v) is 9.05. The number of carbonyl (C=O) groups excluding carboxylic acids is 1. The Bertz CT molecular complexity index is 1010. The van der Waals surface area contributed by atoms with E-state index in [2.05, 4.69) is 48.5 Å². The first-order chi connectivity index (χ1) is 16.6. The quantitative estimate of drug-likeness (QED) is 0.298. The maximum Gasteiger partial charge on any atom is 0.169 e. The molecular weight excluding hydrogens is 500 g/mol. The molecule has 1 N–H and O–H groups in total. The van der Waals surface area contributed by atoms with Crippen LogP contribution in [0, 0.1) is 40.4 Å². The first kappa shape index (κ1) is 25.4. The van der Waals surface area contributed by atoms with Gasteiger partial charge >= 0.3 is 0 Å². The van der Waals surface area contributed by atoms with Crippen LogP contribution in [-0.2, 0) is 16.1 Å². The Morgan fingerprint density at radius 1 is 1.14 bits per heavy atom. The number of hydrogen-bond acceptors (Lipinski definition) is 3. The largest absolute Gasteiger partial charge is 0.365 e. The van der Waals surface area contributed by atoms with Crippen LogP contribution in [0.4, 0.5) is 0 Å². The number of ketones is 1. The zero-order chi connectivity index (χ0) is 25.0. The van der Waals surface area contributed by atoms with Crippen LogP contribution in [-0.4, -0.2) is 16.7 Å². The molecule has 0 heterocycles. The van der Waals surface area contributed by atoms with Crippen LogP contribution in [0.1, 0.15) is 77.7 Å². The molecule has 0 saturated heterocycles. The van der Waals surface area contributed by atoms with Gasteiger partial charge in [-0.25, -0.2) is 0 Å². The van der Waals surface area contributed by atoms with Gasteiger partial charge in [0, 0.05) is 23.2 Å². The highest BCUT2D eigenvalue weighted by molar-refractivity contribution is 9.10. The second-order valence-corrected chi connectivity index (χ2v) is 13.3. The lowest BCUT2D eigenvalue weighted by Gasteiger charge is -2.60. The molecule has 8 atom stereocenters. The van der Waals surface area contributed by atoms with E-state index in [9.17, 15) is 9.90 Å². The van der Waals surface area contributed by atoms with Crippen LogP contribution in [0.15, 0.2) is 53.0 Å². The molecule has 4 aliphatic carbocycles. The number of hydrogen-bond donors (Lipinski definition) is 1. The number of halogens is 1. The maximum atomic E-state index is 12.5. The van der Waals surface area contributed by atoms with Crippen LogP contribution in [0.3, 0.4) is 0 Å². The van der Waals surface area contributed by atoms with E-state index in [0.717, 1.165) is 35.7 Å². The molecule has 35 heavy (non-hydrogen) atoms. The van der Waals surface area contributed by atoms with Crippen LogP contribution in [0.25, 0.3) is 0 Å². The van der Waals surface area contributed by atoms with Crippen molar-refractivity contribution in [3.8, 4) is 0 Å². The highest BCUT2D eigenvalue weighted by atomic mass is 79.9. The Morgan fingerprint density at radius 2 is 1.89 bits per heavy atom. The van der Waals surface area contributed by atoms with Gasteiger partial charge in [0.2, 0.25) is 0 Å². The average Bonchev–Trinajstić information content (AvgIpc) is 3.17. The van der Waals surface area contributed by atoms with E-state index in [4.69, 9.17) is 4.74 Å². The molecule has 3 fully saturated rings. The van der Waals surface area contributed by atoms with Crippen molar-refractivity contribution < 1.29 is 14.6 Å². The Balaban J connectivity index is 1.41. The van der Waals surface area contributed by atoms with E-state index in [1.165, 1.54) is 18.4 Å². The number of allylic oxidation sites excluding steroid dienone is 2. The molecule has 3 saturated carbocycles. The highest BCUT2D eigenvalue weighted by Gasteiger charge is 2.62. The highest BCUT2D eigenvalue weighted by Crippen LogP contribution is 2.68. The number of rotatable bonds is 6. The van der Waals surface area contributed by atoms with Crippen molar-refractivity contribution in [1.82, 2.24) is 0 Å². The Labute approximate surface area is 219 Å². The fraction of sp³-hybridized carbons (Fsp3) is 0.645. The molecule has 0 aliphatic heterocycles. The third-order valence-electron chi connectivity index (χ3n) is 10.6. The van der Waals surface area contributed by atoms with Gasteiger partial charge in [-0.3, -0.25) is 4.79 Å². The minimum atomic E-state index is -1.11. The van der Waals surface area contributed by atoms with Crippen LogP contribution < -0.4 is 0 Å². The molecule has 4 heteroatoms. The molecular formula is C31H41BrO3. The number of carbonyl (C=O) groups is 1. The van der Waals surface area contributed by atoms with E-state index in [-0.39, 0.29) is 16.7 Å². The lowest BCUT2D eigenvalue weighted by molar-refractivity contribution is -0.232. The predicted molar refractivity (Wildman–Crippen MR) is 143 cm³/mol. The van der Waals surface area contributed by atoms with Gasteiger partial charge in [0.15, 0.2) is 5.79 Å². The van der Waals surface area contributed by atoms with Crippen molar-refractivity contribution in [2.45, 2.75) is 84.5 Å². The van der Waals surface area contributed by atoms with E-state index >= 15 is 0 Å². The summed E-state index contributed by atoms with van der Waals surface area (Å²) in [7, 11) is 0. The smallest absolute Gasteiger partial charge is 0.169 e. The van der Waals surface area contributed by atoms with Crippen molar-refractivity contribution in [2.75, 3.05) is 0 Å². The van der Waals surface area contributed by atoms with Gasteiger partial charge in [-0.05, 0) is 97.6 Å². The van der Waals surface area contributed by atoms with Gasteiger partial charge in [0.05, 0.1) is 6.61 Å². The fourth-order valence-electron chi connectivity index (χ4n) is 8.79. The van der Waals surface area contributed by atoms with Crippen LogP contribution in [0.5, 0.6) is 0 Å². The molecule has 1 aromatic rings. The van der Waals surface area contributed by atoms with Crippen molar-refractivity contribution in [1.29, 1.82) is 0 Å². The molecule has 0 bridgehead atoms. The zero-order valence-corrected chi connectivity index (χ0v) is 23.1. The first-order valence-electron chi connectivity index (χ1n) is 13.5. The molecule has 8 unspecified atom stereocenters. The summed E-state index contributed by atoms with van der Waals surface area (Å²) in [6.45, 7) is 11.2. The van der Waals surface area contributed by atoms with E-state index in [1.807, 2.05) is 31.2 Å². The van der Waals surface area contributed by atoms with Crippen molar-refractivity contribution >= 4 is 21.7 Å². The third-order valence-corrected chi connectivity index (χ3v) is 11.2. The number of ether oxygens (including phenoxy) is 1. The zero-order valence-electron chi connectivity index (χ0n) is 21.6. The van der Waals surface area contributed by atoms with Gasteiger partial charge in [0.25, 0.3) is 0 Å². The summed E-state index contributed by atoms with van der Waals surface area (Å²) in [6.07, 6.45) is 12.3. The summed E-state index contributed by atoms with van der Waals surface area (Å²) >= 11 is 3.48. The van der Waals surface area contributed by atoms with Crippen molar-refractivity contribution in [3.63, 3.8) is 0 Å². The van der Waals surface area contributed by atoms with Crippen molar-refractivity contribution in [3.05, 3.63) is 58.6 Å². The van der Waals surface area contributed by atoms with Gasteiger partial charge in [0.1, 0.15) is 5.78 Å². The second kappa shape index (κ2) is 9.26. The monoisotopic (exact) mass is 540 g/mol. The summed E-state index contributed by atoms with van der Waals surface area (Å²) in [5.74, 6) is 1.73. The lowest BCUT2D eigenvalue weighted by Crippen LogP contribution is -2.55. The average molecular weight is 542 g/mol. The Kier molecular flexibility index (Phi) is 6.72.